The maximum atomic E-state index is 11.9. The van der Waals surface area contributed by atoms with Gasteiger partial charge < -0.3 is 15.8 Å². The van der Waals surface area contributed by atoms with Crippen LogP contribution in [-0.2, 0) is 4.74 Å². The summed E-state index contributed by atoms with van der Waals surface area (Å²) in [5.41, 5.74) is 6.81. The molecule has 0 radical (unpaired) electrons. The quantitative estimate of drug-likeness (QED) is 0.777. The van der Waals surface area contributed by atoms with Gasteiger partial charge in [-0.25, -0.2) is 0 Å². The van der Waals surface area contributed by atoms with Crippen LogP contribution >= 0.6 is 0 Å². The first-order valence-corrected chi connectivity index (χ1v) is 5.97. The predicted molar refractivity (Wildman–Crippen MR) is 66.8 cm³/mol. The van der Waals surface area contributed by atoms with E-state index in [1.54, 1.807) is 12.1 Å². The molecule has 1 fully saturated rings. The number of nitrogens with one attached hydrogen (secondary N) is 1. The lowest BCUT2D eigenvalue weighted by molar-refractivity contribution is -0.00861. The molecule has 3 N–H and O–H groups in total. The Balaban J connectivity index is 1.85. The lowest BCUT2D eigenvalue weighted by Crippen LogP contribution is -2.47. The predicted octanol–water partition coefficient (Wildman–Crippen LogP) is 1.57. The Labute approximate surface area is 101 Å². The Morgan fingerprint density at radius 3 is 2.82 bits per heavy atom. The summed E-state index contributed by atoms with van der Waals surface area (Å²) >= 11 is 0. The van der Waals surface area contributed by atoms with E-state index >= 15 is 0 Å². The summed E-state index contributed by atoms with van der Waals surface area (Å²) in [5.74, 6) is -0.0944. The molecule has 0 saturated heterocycles. The van der Waals surface area contributed by atoms with Crippen molar-refractivity contribution < 1.29 is 9.53 Å². The highest BCUT2D eigenvalue weighted by Gasteiger charge is 2.30. The van der Waals surface area contributed by atoms with Gasteiger partial charge in [-0.2, -0.15) is 0 Å². The van der Waals surface area contributed by atoms with Gasteiger partial charge in [0.1, 0.15) is 0 Å². The van der Waals surface area contributed by atoms with Crippen LogP contribution in [0.25, 0.3) is 0 Å². The molecule has 1 aromatic rings. The molecule has 2 rings (SSSR count). The summed E-state index contributed by atoms with van der Waals surface area (Å²) in [7, 11) is 0. The Morgan fingerprint density at radius 1 is 1.47 bits per heavy atom. The summed E-state index contributed by atoms with van der Waals surface area (Å²) in [6.07, 6.45) is 2.09. The van der Waals surface area contributed by atoms with E-state index in [9.17, 15) is 4.79 Å². The van der Waals surface area contributed by atoms with Crippen molar-refractivity contribution in [1.29, 1.82) is 0 Å². The van der Waals surface area contributed by atoms with Crippen LogP contribution in [0.3, 0.4) is 0 Å². The largest absolute Gasteiger partial charge is 0.398 e. The Morgan fingerprint density at radius 2 is 2.18 bits per heavy atom. The number of rotatable bonds is 4. The molecule has 0 bridgehead atoms. The number of nitrogen functional groups attached to an aromatic ring is 1. The van der Waals surface area contributed by atoms with Crippen molar-refractivity contribution >= 4 is 11.6 Å². The Bertz CT molecular complexity index is 400. The number of benzene rings is 1. The second-order valence-corrected chi connectivity index (χ2v) is 4.31. The molecular weight excluding hydrogens is 216 g/mol. The van der Waals surface area contributed by atoms with Crippen LogP contribution in [-0.4, -0.2) is 24.7 Å². The van der Waals surface area contributed by atoms with E-state index in [1.807, 2.05) is 19.1 Å². The molecule has 0 spiro atoms. The zero-order valence-corrected chi connectivity index (χ0v) is 9.98. The number of carbonyl (C=O) groups is 1. The van der Waals surface area contributed by atoms with Gasteiger partial charge >= 0.3 is 0 Å². The molecule has 1 amide bonds. The van der Waals surface area contributed by atoms with Crippen LogP contribution in [0.5, 0.6) is 0 Å². The minimum atomic E-state index is -0.0944. The standard InChI is InChI=1S/C13H18N2O2/c1-2-17-10-7-9(8-10)15-13(16)11-5-3-4-6-12(11)14/h3-6,9-10H,2,7-8,14H2,1H3,(H,15,16). The third-order valence-electron chi connectivity index (χ3n) is 3.04. The zero-order chi connectivity index (χ0) is 12.3. The highest BCUT2D eigenvalue weighted by Crippen LogP contribution is 2.24. The number of nitrogens with two attached hydrogens (primary N) is 1. The van der Waals surface area contributed by atoms with Crippen molar-refractivity contribution in [1.82, 2.24) is 5.32 Å². The first-order valence-electron chi connectivity index (χ1n) is 5.97. The number of hydrogen-bond donors (Lipinski definition) is 2. The van der Waals surface area contributed by atoms with Crippen LogP contribution in [0.15, 0.2) is 24.3 Å². The van der Waals surface area contributed by atoms with Gasteiger partial charge in [0.15, 0.2) is 0 Å². The van der Waals surface area contributed by atoms with Crippen molar-refractivity contribution in [2.75, 3.05) is 12.3 Å². The summed E-state index contributed by atoms with van der Waals surface area (Å²) in [5, 5.41) is 2.96. The van der Waals surface area contributed by atoms with E-state index in [0.29, 0.717) is 17.4 Å². The Hall–Kier alpha value is -1.55. The molecule has 1 aliphatic carbocycles. The van der Waals surface area contributed by atoms with Crippen molar-refractivity contribution in [3.8, 4) is 0 Å². The molecule has 0 heterocycles. The third-order valence-corrected chi connectivity index (χ3v) is 3.04. The lowest BCUT2D eigenvalue weighted by atomic mass is 9.89. The molecule has 0 aliphatic heterocycles. The maximum Gasteiger partial charge on any atom is 0.253 e. The molecule has 1 saturated carbocycles. The van der Waals surface area contributed by atoms with Crippen LogP contribution in [0.2, 0.25) is 0 Å². The SMILES string of the molecule is CCOC1CC(NC(=O)c2ccccc2N)C1. The number of amides is 1. The summed E-state index contributed by atoms with van der Waals surface area (Å²) < 4.78 is 5.44. The van der Waals surface area contributed by atoms with Gasteiger partial charge in [0, 0.05) is 18.3 Å². The van der Waals surface area contributed by atoms with Gasteiger partial charge in [0.05, 0.1) is 11.7 Å². The molecule has 17 heavy (non-hydrogen) atoms. The minimum Gasteiger partial charge on any atom is -0.398 e. The summed E-state index contributed by atoms with van der Waals surface area (Å²) in [6, 6.07) is 7.33. The fraction of sp³-hybridized carbons (Fsp3) is 0.462. The molecule has 1 aliphatic rings. The van der Waals surface area contributed by atoms with Crippen molar-refractivity contribution in [3.63, 3.8) is 0 Å². The minimum absolute atomic E-state index is 0.0944. The molecule has 1 aromatic carbocycles. The number of anilines is 1. The van der Waals surface area contributed by atoms with Crippen molar-refractivity contribution in [2.45, 2.75) is 31.9 Å². The van der Waals surface area contributed by atoms with Crippen LogP contribution in [0.1, 0.15) is 30.1 Å². The van der Waals surface area contributed by atoms with Gasteiger partial charge in [-0.1, -0.05) is 12.1 Å². The third kappa shape index (κ3) is 2.77. The monoisotopic (exact) mass is 234 g/mol. The second kappa shape index (κ2) is 5.19. The van der Waals surface area contributed by atoms with Gasteiger partial charge in [0.25, 0.3) is 5.91 Å². The van der Waals surface area contributed by atoms with Gasteiger partial charge in [-0.05, 0) is 31.9 Å². The van der Waals surface area contributed by atoms with Crippen molar-refractivity contribution in [2.24, 2.45) is 0 Å². The first-order chi connectivity index (χ1) is 8.20. The fourth-order valence-electron chi connectivity index (χ4n) is 2.02. The second-order valence-electron chi connectivity index (χ2n) is 4.31. The van der Waals surface area contributed by atoms with E-state index in [4.69, 9.17) is 10.5 Å². The molecule has 0 aromatic heterocycles. The van der Waals surface area contributed by atoms with E-state index in [2.05, 4.69) is 5.32 Å². The van der Waals surface area contributed by atoms with Gasteiger partial charge in [-0.15, -0.1) is 0 Å². The highest BCUT2D eigenvalue weighted by molar-refractivity contribution is 5.99. The van der Waals surface area contributed by atoms with E-state index < -0.39 is 0 Å². The lowest BCUT2D eigenvalue weighted by Gasteiger charge is -2.35. The maximum absolute atomic E-state index is 11.9. The van der Waals surface area contributed by atoms with Gasteiger partial charge in [0.2, 0.25) is 0 Å². The Kier molecular flexibility index (Phi) is 3.64. The highest BCUT2D eigenvalue weighted by atomic mass is 16.5. The molecule has 4 heteroatoms. The average Bonchev–Trinajstić information content (AvgIpc) is 2.26. The molecular formula is C13H18N2O2. The average molecular weight is 234 g/mol. The van der Waals surface area contributed by atoms with Crippen LogP contribution < -0.4 is 11.1 Å². The van der Waals surface area contributed by atoms with Gasteiger partial charge in [-0.3, -0.25) is 4.79 Å². The number of hydrogen-bond acceptors (Lipinski definition) is 3. The molecule has 4 nitrogen and oxygen atoms in total. The number of para-hydroxylation sites is 1. The van der Waals surface area contributed by atoms with Crippen LogP contribution in [0.4, 0.5) is 5.69 Å². The molecule has 0 atom stereocenters. The summed E-state index contributed by atoms with van der Waals surface area (Å²) in [6.45, 7) is 2.72. The van der Waals surface area contributed by atoms with E-state index in [0.717, 1.165) is 19.4 Å². The number of ether oxygens (including phenoxy) is 1. The number of carbonyl (C=O) groups excluding carboxylic acids is 1. The van der Waals surface area contributed by atoms with E-state index in [1.165, 1.54) is 0 Å². The van der Waals surface area contributed by atoms with Crippen molar-refractivity contribution in [3.05, 3.63) is 29.8 Å². The first kappa shape index (κ1) is 11.9. The topological polar surface area (TPSA) is 64.3 Å². The van der Waals surface area contributed by atoms with Crippen LogP contribution in [0, 0.1) is 0 Å². The molecule has 0 unspecified atom stereocenters. The fourth-order valence-corrected chi connectivity index (χ4v) is 2.02. The smallest absolute Gasteiger partial charge is 0.253 e. The normalized spacial score (nSPS) is 22.9. The molecule has 92 valence electrons. The summed E-state index contributed by atoms with van der Waals surface area (Å²) in [4.78, 5) is 11.9. The van der Waals surface area contributed by atoms with E-state index in [-0.39, 0.29) is 11.9 Å². The zero-order valence-electron chi connectivity index (χ0n) is 9.98.